The molecule has 2 aromatic rings. The lowest BCUT2D eigenvalue weighted by Crippen LogP contribution is -2.48. The molecule has 3 atom stereocenters. The lowest BCUT2D eigenvalue weighted by molar-refractivity contribution is -0.0440. The van der Waals surface area contributed by atoms with Crippen molar-refractivity contribution in [2.45, 2.75) is 37.1 Å². The third-order valence-electron chi connectivity index (χ3n) is 5.63. The monoisotopic (exact) mass is 444 g/mol. The Hall–Kier alpha value is -2.26. The van der Waals surface area contributed by atoms with Crippen LogP contribution in [0.2, 0.25) is 0 Å². The van der Waals surface area contributed by atoms with E-state index in [-0.39, 0.29) is 29.1 Å². The summed E-state index contributed by atoms with van der Waals surface area (Å²) in [5.41, 5.74) is 1.39. The van der Waals surface area contributed by atoms with E-state index in [1.807, 2.05) is 44.2 Å². The van der Waals surface area contributed by atoms with Gasteiger partial charge in [-0.05, 0) is 37.6 Å². The molecule has 0 bridgehead atoms. The molecule has 2 aromatic carbocycles. The van der Waals surface area contributed by atoms with E-state index in [0.717, 1.165) is 5.56 Å². The van der Waals surface area contributed by atoms with Crippen LogP contribution in [-0.2, 0) is 19.5 Å². The average Bonchev–Trinajstić information content (AvgIpc) is 2.79. The van der Waals surface area contributed by atoms with E-state index in [1.165, 1.54) is 10.4 Å². The Morgan fingerprint density at radius 3 is 2.39 bits per heavy atom. The molecule has 2 saturated heterocycles. The number of nitrogens with zero attached hydrogens (tertiary/aromatic N) is 2. The van der Waals surface area contributed by atoms with Crippen LogP contribution in [0.5, 0.6) is 0 Å². The average molecular weight is 445 g/mol. The van der Waals surface area contributed by atoms with Crippen molar-refractivity contribution in [3.8, 4) is 0 Å². The van der Waals surface area contributed by atoms with Gasteiger partial charge in [0.05, 0.1) is 30.3 Å². The number of hydrogen-bond donors (Lipinski definition) is 0. The molecular weight excluding hydrogens is 416 g/mol. The molecule has 2 heterocycles. The van der Waals surface area contributed by atoms with Gasteiger partial charge in [0.2, 0.25) is 10.0 Å². The molecule has 0 spiro atoms. The largest absolute Gasteiger partial charge is 0.373 e. The first-order valence-corrected chi connectivity index (χ1v) is 12.0. The number of rotatable bonds is 4. The molecule has 2 aliphatic rings. The van der Waals surface area contributed by atoms with Crippen LogP contribution >= 0.6 is 0 Å². The summed E-state index contributed by atoms with van der Waals surface area (Å²) in [6.45, 7) is 5.66. The van der Waals surface area contributed by atoms with Crippen molar-refractivity contribution >= 4 is 15.9 Å². The van der Waals surface area contributed by atoms with Gasteiger partial charge in [0.25, 0.3) is 5.91 Å². The van der Waals surface area contributed by atoms with Gasteiger partial charge in [0.1, 0.15) is 6.10 Å². The predicted octanol–water partition coefficient (Wildman–Crippen LogP) is 2.70. The predicted molar refractivity (Wildman–Crippen MR) is 116 cm³/mol. The van der Waals surface area contributed by atoms with Crippen LogP contribution in [-0.4, -0.2) is 68.5 Å². The number of ether oxygens (including phenoxy) is 2. The Bertz CT molecular complexity index is 1020. The first-order valence-electron chi connectivity index (χ1n) is 10.6. The van der Waals surface area contributed by atoms with Crippen molar-refractivity contribution in [2.24, 2.45) is 0 Å². The van der Waals surface area contributed by atoms with Crippen molar-refractivity contribution < 1.29 is 22.7 Å². The zero-order chi connectivity index (χ0) is 22.0. The van der Waals surface area contributed by atoms with Gasteiger partial charge in [-0.15, -0.1) is 0 Å². The second-order valence-corrected chi connectivity index (χ2v) is 10.1. The van der Waals surface area contributed by atoms with Crippen molar-refractivity contribution in [2.75, 3.05) is 32.8 Å². The SMILES string of the molecule is CC1CN(S(=O)(=O)c2cccc(C(=O)N3CCOC(c4ccccc4)C3)c2)CC(C)O1. The second kappa shape index (κ2) is 9.08. The lowest BCUT2D eigenvalue weighted by atomic mass is 10.1. The normalized spacial score (nSPS) is 25.4. The molecule has 0 aromatic heterocycles. The molecule has 7 nitrogen and oxygen atoms in total. The zero-order valence-electron chi connectivity index (χ0n) is 17.8. The summed E-state index contributed by atoms with van der Waals surface area (Å²) in [5, 5.41) is 0. The summed E-state index contributed by atoms with van der Waals surface area (Å²) in [7, 11) is -3.71. The Morgan fingerprint density at radius 1 is 0.968 bits per heavy atom. The van der Waals surface area contributed by atoms with Gasteiger partial charge in [-0.1, -0.05) is 36.4 Å². The van der Waals surface area contributed by atoms with Crippen LogP contribution in [0.4, 0.5) is 0 Å². The first-order chi connectivity index (χ1) is 14.8. The molecule has 0 N–H and O–H groups in total. The molecule has 31 heavy (non-hydrogen) atoms. The highest BCUT2D eigenvalue weighted by Gasteiger charge is 2.33. The molecule has 0 aliphatic carbocycles. The van der Waals surface area contributed by atoms with Crippen LogP contribution in [0.3, 0.4) is 0 Å². The number of carbonyl (C=O) groups excluding carboxylic acids is 1. The number of hydrogen-bond acceptors (Lipinski definition) is 5. The third kappa shape index (κ3) is 4.82. The van der Waals surface area contributed by atoms with Crippen molar-refractivity contribution in [1.29, 1.82) is 0 Å². The van der Waals surface area contributed by atoms with E-state index in [4.69, 9.17) is 9.47 Å². The minimum absolute atomic E-state index is 0.132. The number of amides is 1. The summed E-state index contributed by atoms with van der Waals surface area (Å²) in [6.07, 6.45) is -0.541. The van der Waals surface area contributed by atoms with E-state index in [2.05, 4.69) is 0 Å². The van der Waals surface area contributed by atoms with Gasteiger partial charge in [-0.25, -0.2) is 8.42 Å². The lowest BCUT2D eigenvalue weighted by Gasteiger charge is -2.34. The Balaban J connectivity index is 1.53. The van der Waals surface area contributed by atoms with Gasteiger partial charge >= 0.3 is 0 Å². The second-order valence-electron chi connectivity index (χ2n) is 8.13. The summed E-state index contributed by atoms with van der Waals surface area (Å²) in [4.78, 5) is 15.0. The smallest absolute Gasteiger partial charge is 0.254 e. The van der Waals surface area contributed by atoms with Crippen molar-refractivity contribution in [1.82, 2.24) is 9.21 Å². The molecule has 4 rings (SSSR count). The Kier molecular flexibility index (Phi) is 6.43. The quantitative estimate of drug-likeness (QED) is 0.725. The molecular formula is C23H28N2O5S. The van der Waals surface area contributed by atoms with Crippen LogP contribution in [0.15, 0.2) is 59.5 Å². The van der Waals surface area contributed by atoms with Gasteiger partial charge in [0, 0.05) is 25.2 Å². The molecule has 0 saturated carbocycles. The highest BCUT2D eigenvalue weighted by atomic mass is 32.2. The standard InChI is InChI=1S/C23H28N2O5S/c1-17-14-25(15-18(2)30-17)31(27,28)21-10-6-9-20(13-21)23(26)24-11-12-29-22(16-24)19-7-4-3-5-8-19/h3-10,13,17-18,22H,11-12,14-16H2,1-2H3. The summed E-state index contributed by atoms with van der Waals surface area (Å²) in [6, 6.07) is 16.1. The fraction of sp³-hybridized carbons (Fsp3) is 0.435. The maximum Gasteiger partial charge on any atom is 0.254 e. The molecule has 1 amide bonds. The van der Waals surface area contributed by atoms with Gasteiger partial charge in [0.15, 0.2) is 0 Å². The maximum absolute atomic E-state index is 13.2. The number of morpholine rings is 2. The van der Waals surface area contributed by atoms with Crippen LogP contribution in [0.25, 0.3) is 0 Å². The molecule has 8 heteroatoms. The van der Waals surface area contributed by atoms with Crippen LogP contribution in [0, 0.1) is 0 Å². The maximum atomic E-state index is 13.2. The van der Waals surface area contributed by atoms with E-state index in [0.29, 0.717) is 38.3 Å². The summed E-state index contributed by atoms with van der Waals surface area (Å²) < 4.78 is 39.3. The van der Waals surface area contributed by atoms with Gasteiger partial charge < -0.3 is 14.4 Å². The van der Waals surface area contributed by atoms with Gasteiger partial charge in [-0.3, -0.25) is 4.79 Å². The highest BCUT2D eigenvalue weighted by Crippen LogP contribution is 2.25. The molecule has 3 unspecified atom stereocenters. The number of benzene rings is 2. The number of carbonyl (C=O) groups is 1. The highest BCUT2D eigenvalue weighted by molar-refractivity contribution is 7.89. The van der Waals surface area contributed by atoms with Crippen molar-refractivity contribution in [3.05, 3.63) is 65.7 Å². The Morgan fingerprint density at radius 2 is 1.68 bits per heavy atom. The van der Waals surface area contributed by atoms with E-state index in [9.17, 15) is 13.2 Å². The molecule has 166 valence electrons. The Labute approximate surface area is 183 Å². The van der Waals surface area contributed by atoms with E-state index in [1.54, 1.807) is 23.1 Å². The summed E-state index contributed by atoms with van der Waals surface area (Å²) >= 11 is 0. The fourth-order valence-electron chi connectivity index (χ4n) is 4.15. The summed E-state index contributed by atoms with van der Waals surface area (Å²) in [5.74, 6) is -0.190. The number of sulfonamides is 1. The van der Waals surface area contributed by atoms with E-state index >= 15 is 0 Å². The minimum atomic E-state index is -3.71. The van der Waals surface area contributed by atoms with Gasteiger partial charge in [-0.2, -0.15) is 4.31 Å². The first kappa shape index (κ1) is 22.0. The fourth-order valence-corrected chi connectivity index (χ4v) is 5.79. The third-order valence-corrected chi connectivity index (χ3v) is 7.46. The molecule has 2 aliphatic heterocycles. The van der Waals surface area contributed by atoms with Crippen molar-refractivity contribution in [3.63, 3.8) is 0 Å². The zero-order valence-corrected chi connectivity index (χ0v) is 18.6. The van der Waals surface area contributed by atoms with Crippen LogP contribution in [0.1, 0.15) is 35.9 Å². The minimum Gasteiger partial charge on any atom is -0.373 e. The molecule has 0 radical (unpaired) electrons. The van der Waals surface area contributed by atoms with Crippen LogP contribution < -0.4 is 0 Å². The molecule has 2 fully saturated rings. The van der Waals surface area contributed by atoms with E-state index < -0.39 is 10.0 Å². The topological polar surface area (TPSA) is 76.2 Å².